The number of aliphatic hydroxyl groups excluding tert-OH is 4. The van der Waals surface area contributed by atoms with Crippen LogP contribution >= 0.6 is 7.60 Å². The van der Waals surface area contributed by atoms with Crippen molar-refractivity contribution in [2.24, 2.45) is 0 Å². The summed E-state index contributed by atoms with van der Waals surface area (Å²) in [4.78, 5) is 27.4. The SMILES string of the molecule is CCCCCCCCCCCCCCOP(=O)(CCN1C[C@@H](O)[C@H](O)C1)OCC1OC(n2ccc(=O)[nH]c2=O)[C@H](O)[C@@H]1O. The van der Waals surface area contributed by atoms with Crippen LogP contribution in [0.1, 0.15) is 90.2 Å². The number of aliphatic hydroxyl groups is 4. The lowest BCUT2D eigenvalue weighted by Crippen LogP contribution is -2.37. The maximum Gasteiger partial charge on any atom is 0.332 e. The Morgan fingerprint density at radius 1 is 0.884 bits per heavy atom. The summed E-state index contributed by atoms with van der Waals surface area (Å²) in [6.45, 7) is 2.83. The molecule has 43 heavy (non-hydrogen) atoms. The van der Waals surface area contributed by atoms with Gasteiger partial charge in [-0.05, 0) is 6.42 Å². The van der Waals surface area contributed by atoms with Crippen LogP contribution in [-0.4, -0.2) is 104 Å². The fourth-order valence-electron chi connectivity index (χ4n) is 5.52. The van der Waals surface area contributed by atoms with Gasteiger partial charge in [0.25, 0.3) is 5.56 Å². The number of nitrogens with zero attached hydrogens (tertiary/aromatic N) is 2. The van der Waals surface area contributed by atoms with E-state index in [1.54, 1.807) is 4.90 Å². The summed E-state index contributed by atoms with van der Waals surface area (Å²) in [7, 11) is -3.69. The lowest BCUT2D eigenvalue weighted by Gasteiger charge is -2.24. The number of ether oxygens (including phenoxy) is 1. The van der Waals surface area contributed by atoms with E-state index in [2.05, 4.69) is 11.9 Å². The first-order valence-electron chi connectivity index (χ1n) is 15.9. The molecule has 1 aromatic heterocycles. The molecular weight excluding hydrogens is 581 g/mol. The van der Waals surface area contributed by atoms with Crippen molar-refractivity contribution in [2.45, 2.75) is 121 Å². The van der Waals surface area contributed by atoms with Crippen LogP contribution in [0.3, 0.4) is 0 Å². The molecule has 0 aromatic carbocycles. The van der Waals surface area contributed by atoms with Gasteiger partial charge in [-0.1, -0.05) is 77.6 Å². The molecule has 14 heteroatoms. The molecule has 0 spiro atoms. The molecule has 7 atom stereocenters. The molecule has 5 N–H and O–H groups in total. The molecule has 3 unspecified atom stereocenters. The van der Waals surface area contributed by atoms with Crippen LogP contribution in [0.2, 0.25) is 0 Å². The van der Waals surface area contributed by atoms with E-state index in [1.165, 1.54) is 51.4 Å². The second-order valence-corrected chi connectivity index (χ2v) is 14.0. The summed E-state index contributed by atoms with van der Waals surface area (Å²) in [6.07, 6.45) is 8.28. The minimum Gasteiger partial charge on any atom is -0.389 e. The number of H-pyrrole nitrogens is 1. The van der Waals surface area contributed by atoms with Gasteiger partial charge in [0.15, 0.2) is 6.23 Å². The lowest BCUT2D eigenvalue weighted by molar-refractivity contribution is -0.0531. The smallest absolute Gasteiger partial charge is 0.332 e. The van der Waals surface area contributed by atoms with Crippen molar-refractivity contribution >= 4 is 7.60 Å². The third kappa shape index (κ3) is 11.8. The third-order valence-electron chi connectivity index (χ3n) is 8.21. The number of aromatic nitrogens is 2. The zero-order valence-corrected chi connectivity index (χ0v) is 26.3. The molecule has 248 valence electrons. The van der Waals surface area contributed by atoms with Crippen molar-refractivity contribution in [3.8, 4) is 0 Å². The molecule has 0 saturated carbocycles. The number of β-amino-alcohol motifs (C(OH)–C–C–N with tert-alkyl or cyclic N) is 2. The van der Waals surface area contributed by atoms with Crippen molar-refractivity contribution < 1.29 is 38.8 Å². The number of unbranched alkanes of at least 4 members (excludes halogenated alkanes) is 11. The summed E-state index contributed by atoms with van der Waals surface area (Å²) < 4.78 is 31.9. The van der Waals surface area contributed by atoms with Gasteiger partial charge in [0.1, 0.15) is 18.3 Å². The predicted octanol–water partition coefficient (Wildman–Crippen LogP) is 2.12. The first-order chi connectivity index (χ1) is 20.6. The van der Waals surface area contributed by atoms with Gasteiger partial charge in [-0.3, -0.25) is 23.8 Å². The highest BCUT2D eigenvalue weighted by molar-refractivity contribution is 7.53. The lowest BCUT2D eigenvalue weighted by atomic mass is 10.1. The number of aromatic amines is 1. The standard InChI is InChI=1S/C29H52N3O10P/c1-2-3-4-5-6-7-8-9-10-11-12-13-17-40-43(39,18-16-31-19-22(33)23(34)20-31)41-21-24-26(36)27(37)28(42-24)32-15-14-25(35)30-29(32)38/h14-15,22-24,26-28,33-34,36-37H,2-13,16-21H2,1H3,(H,30,35,38)/t22-,23-,24?,26-,27-,28?,43?/m1/s1. The first kappa shape index (κ1) is 36.1. The minimum absolute atomic E-state index is 0.00112. The van der Waals surface area contributed by atoms with Gasteiger partial charge >= 0.3 is 13.3 Å². The van der Waals surface area contributed by atoms with Crippen molar-refractivity contribution in [1.29, 1.82) is 0 Å². The van der Waals surface area contributed by atoms with E-state index in [0.717, 1.165) is 36.1 Å². The van der Waals surface area contributed by atoms with Gasteiger partial charge in [0.2, 0.25) is 0 Å². The summed E-state index contributed by atoms with van der Waals surface area (Å²) in [5, 5.41) is 40.8. The summed E-state index contributed by atoms with van der Waals surface area (Å²) in [5.41, 5.74) is -1.42. The highest BCUT2D eigenvalue weighted by Crippen LogP contribution is 2.49. The Balaban J connectivity index is 1.45. The first-order valence-corrected chi connectivity index (χ1v) is 17.7. The topological polar surface area (TPSA) is 184 Å². The van der Waals surface area contributed by atoms with Crippen molar-refractivity contribution in [1.82, 2.24) is 14.5 Å². The second kappa shape index (κ2) is 18.5. The van der Waals surface area contributed by atoms with Gasteiger partial charge in [-0.15, -0.1) is 0 Å². The predicted molar refractivity (Wildman–Crippen MR) is 161 cm³/mol. The summed E-state index contributed by atoms with van der Waals surface area (Å²) >= 11 is 0. The highest BCUT2D eigenvalue weighted by Gasteiger charge is 2.45. The van der Waals surface area contributed by atoms with Gasteiger partial charge in [-0.25, -0.2) is 4.79 Å². The molecule has 0 bridgehead atoms. The van der Waals surface area contributed by atoms with Crippen LogP contribution < -0.4 is 11.2 Å². The molecule has 2 aliphatic rings. The van der Waals surface area contributed by atoms with E-state index in [-0.39, 0.29) is 39.0 Å². The normalized spacial score (nSPS) is 27.6. The molecular formula is C29H52N3O10P. The molecule has 2 saturated heterocycles. The Labute approximate surface area is 253 Å². The largest absolute Gasteiger partial charge is 0.389 e. The molecule has 0 amide bonds. The summed E-state index contributed by atoms with van der Waals surface area (Å²) in [5.74, 6) is 0. The third-order valence-corrected chi connectivity index (χ3v) is 10.1. The molecule has 0 aliphatic carbocycles. The van der Waals surface area contributed by atoms with Crippen LogP contribution in [-0.2, 0) is 18.3 Å². The van der Waals surface area contributed by atoms with Crippen molar-refractivity contribution in [3.05, 3.63) is 33.1 Å². The fourth-order valence-corrected chi connectivity index (χ4v) is 7.16. The van der Waals surface area contributed by atoms with Crippen LogP contribution in [0.25, 0.3) is 0 Å². The average molecular weight is 634 g/mol. The monoisotopic (exact) mass is 633 g/mol. The Kier molecular flexibility index (Phi) is 15.5. The zero-order valence-electron chi connectivity index (χ0n) is 25.4. The van der Waals surface area contributed by atoms with E-state index in [4.69, 9.17) is 13.8 Å². The van der Waals surface area contributed by atoms with Crippen LogP contribution in [0.4, 0.5) is 0 Å². The number of hydrogen-bond donors (Lipinski definition) is 5. The van der Waals surface area contributed by atoms with E-state index in [0.29, 0.717) is 6.42 Å². The molecule has 3 rings (SSSR count). The van der Waals surface area contributed by atoms with Crippen molar-refractivity contribution in [2.75, 3.05) is 39.0 Å². The number of likely N-dealkylation sites (tertiary alicyclic amines) is 1. The summed E-state index contributed by atoms with van der Waals surface area (Å²) in [6, 6.07) is 1.09. The van der Waals surface area contributed by atoms with Gasteiger partial charge in [-0.2, -0.15) is 0 Å². The maximum absolute atomic E-state index is 13.7. The van der Waals surface area contributed by atoms with Crippen LogP contribution in [0, 0.1) is 0 Å². The van der Waals surface area contributed by atoms with Gasteiger partial charge in [0.05, 0.1) is 31.6 Å². The highest BCUT2D eigenvalue weighted by atomic mass is 31.2. The van der Waals surface area contributed by atoms with E-state index in [1.807, 2.05) is 0 Å². The Hall–Kier alpha value is -1.41. The fraction of sp³-hybridized carbons (Fsp3) is 0.862. The maximum atomic E-state index is 13.7. The Bertz CT molecular complexity index is 1090. The Morgan fingerprint density at radius 3 is 2.05 bits per heavy atom. The van der Waals surface area contributed by atoms with E-state index in [9.17, 15) is 34.6 Å². The van der Waals surface area contributed by atoms with E-state index >= 15 is 0 Å². The van der Waals surface area contributed by atoms with Crippen LogP contribution in [0.5, 0.6) is 0 Å². The number of rotatable bonds is 21. The molecule has 13 nitrogen and oxygen atoms in total. The van der Waals surface area contributed by atoms with Crippen LogP contribution in [0.15, 0.2) is 21.9 Å². The molecule has 1 aromatic rings. The van der Waals surface area contributed by atoms with Crippen molar-refractivity contribution in [3.63, 3.8) is 0 Å². The minimum atomic E-state index is -3.69. The van der Waals surface area contributed by atoms with E-state index < -0.39 is 55.6 Å². The zero-order chi connectivity index (χ0) is 31.2. The van der Waals surface area contributed by atoms with Gasteiger partial charge in [0, 0.05) is 31.9 Å². The quantitative estimate of drug-likeness (QED) is 0.0987. The second-order valence-electron chi connectivity index (χ2n) is 11.8. The van der Waals surface area contributed by atoms with Gasteiger partial charge < -0.3 is 34.2 Å². The molecule has 0 radical (unpaired) electrons. The number of hydrogen-bond acceptors (Lipinski definition) is 11. The molecule has 2 aliphatic heterocycles. The number of nitrogens with one attached hydrogen (secondary N) is 1. The Morgan fingerprint density at radius 2 is 1.47 bits per heavy atom. The average Bonchev–Trinajstić information content (AvgIpc) is 3.45. The molecule has 3 heterocycles. The molecule has 2 fully saturated rings.